The zero-order valence-corrected chi connectivity index (χ0v) is 46.1. The van der Waals surface area contributed by atoms with Gasteiger partial charge in [0.2, 0.25) is 17.7 Å². The molecule has 0 bridgehead atoms. The summed E-state index contributed by atoms with van der Waals surface area (Å²) in [7, 11) is 0. The van der Waals surface area contributed by atoms with Crippen LogP contribution in [0.25, 0.3) is 10.8 Å². The van der Waals surface area contributed by atoms with Gasteiger partial charge >= 0.3 is 81.8 Å². The molecule has 3 atom stereocenters. The molecule has 1 saturated heterocycles. The Bertz CT molecular complexity index is 2240. The monoisotopic (exact) mass is 1270 g/mol. The third kappa shape index (κ3) is 24.7. The smallest absolute Gasteiger partial charge is 0.481 e. The third-order valence-electron chi connectivity index (χ3n) is 13.1. The maximum Gasteiger partial charge on any atom is 4.00 e. The number of nitrogens with zero attached hydrogens (tertiary/aromatic N) is 4. The number of unbranched alkanes of at least 4 members (excludes halogenated alkanes) is 1. The van der Waals surface area contributed by atoms with Crippen molar-refractivity contribution in [1.29, 1.82) is 0 Å². The van der Waals surface area contributed by atoms with E-state index in [1.54, 1.807) is 14.7 Å². The normalized spacial score (nSPS) is 18.5. The number of amides is 5. The Morgan fingerprint density at radius 3 is 1.52 bits per heavy atom. The summed E-state index contributed by atoms with van der Waals surface area (Å²) in [6.45, 7) is 1.73. The van der Waals surface area contributed by atoms with Gasteiger partial charge in [-0.15, -0.1) is 0 Å². The third-order valence-corrected chi connectivity index (χ3v) is 13.1. The van der Waals surface area contributed by atoms with Crippen LogP contribution in [-0.4, -0.2) is 220 Å². The molecular formula is C49H71N9O16Th+4. The first-order valence-electron chi connectivity index (χ1n) is 24.9. The van der Waals surface area contributed by atoms with Crippen molar-refractivity contribution in [3.05, 3.63) is 48.0 Å². The molecule has 25 nitrogen and oxygen atoms in total. The van der Waals surface area contributed by atoms with Crippen LogP contribution in [0.3, 0.4) is 0 Å². The summed E-state index contributed by atoms with van der Waals surface area (Å²) >= 11 is 0. The van der Waals surface area contributed by atoms with Crippen molar-refractivity contribution in [3.63, 3.8) is 0 Å². The van der Waals surface area contributed by atoms with Gasteiger partial charge in [0, 0.05) is 84.2 Å². The molecule has 75 heavy (non-hydrogen) atoms. The number of carboxylic acid groups (broad SMARTS) is 6. The quantitative estimate of drug-likeness (QED) is 0.0508. The van der Waals surface area contributed by atoms with Crippen LogP contribution >= 0.6 is 0 Å². The molecule has 0 spiro atoms. The van der Waals surface area contributed by atoms with E-state index in [0.29, 0.717) is 45.3 Å². The topological polar surface area (TPSA) is 365 Å². The standard InChI is InChI=1S/C49H71N9O16.Th/c59-40(28-55-17-19-56(29-42(62)63)21-23-58(31-44(66)67)24-22-57(20-18-55)30-43(64)65)51-27-32-8-12-35(13-9-32)45(68)52-39(26-33-10-11-34-5-1-2-6-36(34)25-33)46(69)50-16-4-3-7-37(47(70)71)53-49(74)54-38(48(72)73)14-15-41(60)61;/h1-2,5-6,10-11,25,32,35,37-39H,3-4,7-9,12-24,26-31H2,(H,50,69)(H,51,59)(H,52,68)(H,60,61)(H,62,63)(H,64,65)(H,66,67)(H,70,71)(H,72,73)(H2,53,54,74);/q;+4/t32?,35?,37-,38-,39-;/m0./s1. The number of carbonyl (C=O) groups excluding carboxylic acids is 4. The first-order chi connectivity index (χ1) is 35.2. The molecule has 408 valence electrons. The van der Waals surface area contributed by atoms with Gasteiger partial charge in [-0.25, -0.2) is 14.4 Å². The molecule has 2 aromatic rings. The Hall–Kier alpha value is -5.64. The molecule has 26 heteroatoms. The fourth-order valence-electron chi connectivity index (χ4n) is 8.98. The molecular weight excluding hydrogens is 1200 g/mol. The van der Waals surface area contributed by atoms with Gasteiger partial charge in [0.25, 0.3) is 0 Å². The predicted octanol–water partition coefficient (Wildman–Crippen LogP) is -0.378. The maximum absolute atomic E-state index is 13.8. The molecule has 11 N–H and O–H groups in total. The molecule has 0 unspecified atom stereocenters. The minimum Gasteiger partial charge on any atom is -0.481 e. The fraction of sp³-hybridized carbons (Fsp3) is 0.592. The van der Waals surface area contributed by atoms with E-state index in [2.05, 4.69) is 26.6 Å². The van der Waals surface area contributed by atoms with Crippen LogP contribution in [0.4, 0.5) is 4.79 Å². The summed E-state index contributed by atoms with van der Waals surface area (Å²) < 4.78 is 0. The largest absolute Gasteiger partial charge is 4.00 e. The number of benzene rings is 2. The van der Waals surface area contributed by atoms with E-state index in [1.165, 1.54) is 0 Å². The number of fused-ring (bicyclic) bond motifs is 1. The zero-order valence-electron chi connectivity index (χ0n) is 42.0. The average molecular weight is 1270 g/mol. The molecule has 1 heterocycles. The molecule has 5 amide bonds. The molecule has 2 aromatic carbocycles. The first-order valence-corrected chi connectivity index (χ1v) is 24.9. The Kier molecular flexibility index (Phi) is 28.4. The van der Waals surface area contributed by atoms with Gasteiger partial charge in [-0.1, -0.05) is 42.5 Å². The second-order valence-electron chi connectivity index (χ2n) is 18.9. The molecule has 2 fully saturated rings. The summed E-state index contributed by atoms with van der Waals surface area (Å²) in [5, 5.41) is 71.4. The van der Waals surface area contributed by atoms with Crippen molar-refractivity contribution in [2.24, 2.45) is 11.8 Å². The van der Waals surface area contributed by atoms with Gasteiger partial charge in [0.15, 0.2) is 0 Å². The molecule has 1 aliphatic heterocycles. The summed E-state index contributed by atoms with van der Waals surface area (Å²) in [4.78, 5) is 129. The second-order valence-corrected chi connectivity index (χ2v) is 18.9. The van der Waals surface area contributed by atoms with E-state index in [1.807, 2.05) is 47.4 Å². The summed E-state index contributed by atoms with van der Waals surface area (Å²) in [6, 6.07) is 8.44. The van der Waals surface area contributed by atoms with Crippen molar-refractivity contribution in [3.8, 4) is 0 Å². The van der Waals surface area contributed by atoms with E-state index >= 15 is 0 Å². The average Bonchev–Trinajstić information content (AvgIpc) is 3.34. The molecule has 0 radical (unpaired) electrons. The zero-order chi connectivity index (χ0) is 54.2. The number of hydrogen-bond acceptors (Lipinski definition) is 14. The molecule has 0 aromatic heterocycles. The van der Waals surface area contributed by atoms with Crippen molar-refractivity contribution >= 4 is 70.3 Å². The Balaban J connectivity index is 0.0000148. The van der Waals surface area contributed by atoms with Crippen LogP contribution in [0, 0.1) is 51.8 Å². The van der Waals surface area contributed by atoms with Crippen LogP contribution in [-0.2, 0) is 49.6 Å². The first kappa shape index (κ1) is 63.7. The van der Waals surface area contributed by atoms with Gasteiger partial charge in [-0.3, -0.25) is 53.2 Å². The Labute approximate surface area is 466 Å². The SMILES string of the molecule is O=C(O)CC[C@H](NC(=O)N[C@@H](CCCCNC(=O)[C@H](Cc1ccc2ccccc2c1)NC(=O)C1CCC(CNC(=O)CN2CCN(CC(=O)O)CCN(CC(=O)O)CCN(CC(=O)O)CC2)CC1)C(=O)O)C(=O)O.[Th+4]. The number of nitrogens with one attached hydrogen (secondary N) is 5. The second kappa shape index (κ2) is 33.4. The molecule has 1 saturated carbocycles. The molecule has 2 aliphatic rings. The summed E-state index contributed by atoms with van der Waals surface area (Å²) in [5.74, 6) is -8.66. The number of urea groups is 1. The van der Waals surface area contributed by atoms with Gasteiger partial charge in [-0.2, -0.15) is 0 Å². The van der Waals surface area contributed by atoms with Crippen molar-refractivity contribution in [1.82, 2.24) is 46.2 Å². The van der Waals surface area contributed by atoms with E-state index in [0.717, 1.165) is 16.3 Å². The minimum atomic E-state index is -1.55. The maximum atomic E-state index is 13.8. The van der Waals surface area contributed by atoms with Gasteiger partial charge in [-0.05, 0) is 73.6 Å². The minimum absolute atomic E-state index is 0. The van der Waals surface area contributed by atoms with E-state index in [9.17, 15) is 73.5 Å². The molecule has 4 rings (SSSR count). The van der Waals surface area contributed by atoms with Crippen LogP contribution in [0.1, 0.15) is 63.4 Å². The van der Waals surface area contributed by atoms with Crippen molar-refractivity contribution in [2.45, 2.75) is 82.3 Å². The summed E-state index contributed by atoms with van der Waals surface area (Å²) in [5.41, 5.74) is 0.803. The van der Waals surface area contributed by atoms with Crippen molar-refractivity contribution < 1.29 is 119 Å². The van der Waals surface area contributed by atoms with Gasteiger partial charge < -0.3 is 57.2 Å². The number of carboxylic acids is 6. The number of hydrogen-bond donors (Lipinski definition) is 11. The van der Waals surface area contributed by atoms with Crippen LogP contribution in [0.15, 0.2) is 42.5 Å². The summed E-state index contributed by atoms with van der Waals surface area (Å²) in [6.07, 6.45) is 1.91. The Morgan fingerprint density at radius 1 is 0.533 bits per heavy atom. The Morgan fingerprint density at radius 2 is 1.03 bits per heavy atom. The van der Waals surface area contributed by atoms with E-state index < -0.39 is 84.6 Å². The van der Waals surface area contributed by atoms with Gasteiger partial charge in [0.05, 0.1) is 26.2 Å². The number of rotatable bonds is 27. The van der Waals surface area contributed by atoms with E-state index in [-0.39, 0.29) is 155 Å². The van der Waals surface area contributed by atoms with Crippen LogP contribution in [0.2, 0.25) is 0 Å². The number of carbonyl (C=O) groups is 10. The molecule has 1 aliphatic carbocycles. The van der Waals surface area contributed by atoms with Crippen LogP contribution < -0.4 is 26.6 Å². The van der Waals surface area contributed by atoms with Gasteiger partial charge in [0.1, 0.15) is 18.1 Å². The van der Waals surface area contributed by atoms with Crippen molar-refractivity contribution in [2.75, 3.05) is 91.6 Å². The fourth-order valence-corrected chi connectivity index (χ4v) is 8.98. The number of aliphatic carboxylic acids is 6. The van der Waals surface area contributed by atoms with E-state index in [4.69, 9.17) is 5.11 Å². The predicted molar refractivity (Wildman–Crippen MR) is 265 cm³/mol. The van der Waals surface area contributed by atoms with Crippen LogP contribution in [0.5, 0.6) is 0 Å².